The molecule has 0 radical (unpaired) electrons. The predicted octanol–water partition coefficient (Wildman–Crippen LogP) is 2.34. The van der Waals surface area contributed by atoms with Crippen molar-refractivity contribution in [3.05, 3.63) is 53.3 Å². The van der Waals surface area contributed by atoms with Crippen molar-refractivity contribution in [1.29, 1.82) is 0 Å². The Bertz CT molecular complexity index is 680. The summed E-state index contributed by atoms with van der Waals surface area (Å²) in [5.41, 5.74) is 2.84. The highest BCUT2D eigenvalue weighted by atomic mass is 16.2. The molecule has 0 saturated carbocycles. The van der Waals surface area contributed by atoms with Gasteiger partial charge in [-0.2, -0.15) is 5.10 Å². The molecule has 1 aliphatic rings. The molecule has 1 amide bonds. The molecule has 122 valence electrons. The molecule has 1 atom stereocenters. The van der Waals surface area contributed by atoms with Gasteiger partial charge >= 0.3 is 0 Å². The van der Waals surface area contributed by atoms with E-state index >= 15 is 0 Å². The van der Waals surface area contributed by atoms with E-state index in [2.05, 4.69) is 41.3 Å². The average Bonchev–Trinajstić information content (AvgIpc) is 2.96. The average molecular weight is 312 g/mol. The van der Waals surface area contributed by atoms with E-state index in [1.165, 1.54) is 5.56 Å². The number of piperazine rings is 1. The Morgan fingerprint density at radius 3 is 2.65 bits per heavy atom. The minimum absolute atomic E-state index is 0.0364. The predicted molar refractivity (Wildman–Crippen MR) is 90.4 cm³/mol. The molecule has 0 N–H and O–H groups in total. The van der Waals surface area contributed by atoms with Crippen molar-refractivity contribution in [1.82, 2.24) is 19.6 Å². The Morgan fingerprint density at radius 2 is 2.00 bits per heavy atom. The molecular formula is C18H24N4O. The van der Waals surface area contributed by atoms with Crippen molar-refractivity contribution in [2.45, 2.75) is 26.4 Å². The first-order valence-corrected chi connectivity index (χ1v) is 8.19. The Morgan fingerprint density at radius 1 is 1.26 bits per heavy atom. The molecule has 2 heterocycles. The van der Waals surface area contributed by atoms with E-state index in [4.69, 9.17) is 0 Å². The lowest BCUT2D eigenvalue weighted by atomic mass is 10.0. The molecule has 0 unspecified atom stereocenters. The highest BCUT2D eigenvalue weighted by molar-refractivity contribution is 5.92. The van der Waals surface area contributed by atoms with Crippen molar-refractivity contribution >= 4 is 5.91 Å². The summed E-state index contributed by atoms with van der Waals surface area (Å²) < 4.78 is 1.87. The van der Waals surface area contributed by atoms with Crippen LogP contribution in [-0.2, 0) is 6.54 Å². The molecular weight excluding hydrogens is 288 g/mol. The minimum Gasteiger partial charge on any atom is -0.334 e. The van der Waals surface area contributed by atoms with Gasteiger partial charge in [0.25, 0.3) is 5.91 Å². The fraction of sp³-hybridized carbons (Fsp3) is 0.444. The first-order valence-electron chi connectivity index (χ1n) is 8.19. The second-order valence-electron chi connectivity index (χ2n) is 6.14. The highest BCUT2D eigenvalue weighted by Gasteiger charge is 2.29. The number of carbonyl (C=O) groups excluding carboxylic acids is 1. The smallest absolute Gasteiger partial charge is 0.274 e. The summed E-state index contributed by atoms with van der Waals surface area (Å²) in [4.78, 5) is 17.0. The molecule has 1 saturated heterocycles. The third-order valence-electron chi connectivity index (χ3n) is 4.62. The molecule has 1 aliphatic heterocycles. The van der Waals surface area contributed by atoms with Crippen LogP contribution in [-0.4, -0.2) is 52.2 Å². The molecule has 5 heteroatoms. The van der Waals surface area contributed by atoms with Crippen molar-refractivity contribution in [3.8, 4) is 0 Å². The van der Waals surface area contributed by atoms with E-state index in [0.717, 1.165) is 25.3 Å². The van der Waals surface area contributed by atoms with Gasteiger partial charge in [-0.25, -0.2) is 0 Å². The number of likely N-dealkylation sites (N-methyl/N-ethyl adjacent to an activating group) is 1. The van der Waals surface area contributed by atoms with Gasteiger partial charge in [0.2, 0.25) is 0 Å². The van der Waals surface area contributed by atoms with Gasteiger partial charge in [0.15, 0.2) is 5.69 Å². The van der Waals surface area contributed by atoms with E-state index < -0.39 is 0 Å². The molecule has 0 spiro atoms. The summed E-state index contributed by atoms with van der Waals surface area (Å²) in [6.45, 7) is 7.14. The molecule has 0 aliphatic carbocycles. The third kappa shape index (κ3) is 3.15. The van der Waals surface area contributed by atoms with Crippen LogP contribution in [0.5, 0.6) is 0 Å². The molecule has 23 heavy (non-hydrogen) atoms. The number of hydrogen-bond acceptors (Lipinski definition) is 3. The Kier molecular flexibility index (Phi) is 4.48. The normalized spacial score (nSPS) is 19.1. The van der Waals surface area contributed by atoms with Gasteiger partial charge in [0.05, 0.1) is 6.04 Å². The molecule has 3 rings (SSSR count). The monoisotopic (exact) mass is 312 g/mol. The van der Waals surface area contributed by atoms with Crippen LogP contribution in [0.4, 0.5) is 0 Å². The number of aromatic nitrogens is 2. The van der Waals surface area contributed by atoms with Gasteiger partial charge in [0.1, 0.15) is 0 Å². The highest BCUT2D eigenvalue weighted by Crippen LogP contribution is 2.24. The van der Waals surface area contributed by atoms with Gasteiger partial charge in [-0.1, -0.05) is 30.3 Å². The first-order chi connectivity index (χ1) is 11.1. The van der Waals surface area contributed by atoms with E-state index in [1.54, 1.807) is 0 Å². The molecule has 1 aromatic heterocycles. The fourth-order valence-electron chi connectivity index (χ4n) is 3.19. The number of nitrogens with zero attached hydrogens (tertiary/aromatic N) is 4. The number of benzene rings is 1. The SMILES string of the molecule is CCn1nc(C(=O)N2CCN(C)[C@H](c3ccccc3)C2)cc1C. The molecule has 1 fully saturated rings. The summed E-state index contributed by atoms with van der Waals surface area (Å²) in [5, 5.41) is 4.43. The van der Waals surface area contributed by atoms with Crippen LogP contribution in [0, 0.1) is 6.92 Å². The maximum atomic E-state index is 12.8. The van der Waals surface area contributed by atoms with Gasteiger partial charge in [0, 0.05) is 31.9 Å². The zero-order chi connectivity index (χ0) is 16.4. The van der Waals surface area contributed by atoms with Gasteiger partial charge in [-0.05, 0) is 32.5 Å². The van der Waals surface area contributed by atoms with Crippen molar-refractivity contribution in [3.63, 3.8) is 0 Å². The van der Waals surface area contributed by atoms with Gasteiger partial charge < -0.3 is 4.90 Å². The Labute approximate surface area is 137 Å². The number of hydrogen-bond donors (Lipinski definition) is 0. The lowest BCUT2D eigenvalue weighted by Gasteiger charge is -2.39. The molecule has 0 bridgehead atoms. The van der Waals surface area contributed by atoms with Crippen LogP contribution in [0.25, 0.3) is 0 Å². The van der Waals surface area contributed by atoms with Gasteiger partial charge in [-0.3, -0.25) is 14.4 Å². The Hall–Kier alpha value is -2.14. The van der Waals surface area contributed by atoms with Crippen molar-refractivity contribution < 1.29 is 4.79 Å². The summed E-state index contributed by atoms with van der Waals surface area (Å²) in [5.74, 6) is 0.0364. The van der Waals surface area contributed by atoms with E-state index in [-0.39, 0.29) is 11.9 Å². The van der Waals surface area contributed by atoms with Crippen LogP contribution in [0.3, 0.4) is 0 Å². The number of rotatable bonds is 3. The van der Waals surface area contributed by atoms with E-state index in [1.807, 2.05) is 35.6 Å². The quantitative estimate of drug-likeness (QED) is 0.873. The third-order valence-corrected chi connectivity index (χ3v) is 4.62. The number of carbonyl (C=O) groups is 1. The zero-order valence-electron chi connectivity index (χ0n) is 14.1. The van der Waals surface area contributed by atoms with Crippen LogP contribution in [0.1, 0.15) is 34.7 Å². The van der Waals surface area contributed by atoms with E-state index in [9.17, 15) is 4.79 Å². The van der Waals surface area contributed by atoms with Crippen LogP contribution in [0.2, 0.25) is 0 Å². The first kappa shape index (κ1) is 15.7. The lowest BCUT2D eigenvalue weighted by Crippen LogP contribution is -2.49. The van der Waals surface area contributed by atoms with Crippen LogP contribution >= 0.6 is 0 Å². The van der Waals surface area contributed by atoms with Crippen molar-refractivity contribution in [2.75, 3.05) is 26.7 Å². The summed E-state index contributed by atoms with van der Waals surface area (Å²) in [7, 11) is 2.12. The molecule has 1 aromatic carbocycles. The van der Waals surface area contributed by atoms with Crippen LogP contribution < -0.4 is 0 Å². The molecule has 2 aromatic rings. The topological polar surface area (TPSA) is 41.4 Å². The summed E-state index contributed by atoms with van der Waals surface area (Å²) in [6, 6.07) is 12.5. The lowest BCUT2D eigenvalue weighted by molar-refractivity contribution is 0.0540. The van der Waals surface area contributed by atoms with E-state index in [0.29, 0.717) is 12.2 Å². The zero-order valence-corrected chi connectivity index (χ0v) is 14.1. The maximum absolute atomic E-state index is 12.8. The number of amides is 1. The number of aryl methyl sites for hydroxylation is 2. The summed E-state index contributed by atoms with van der Waals surface area (Å²) in [6.07, 6.45) is 0. The van der Waals surface area contributed by atoms with Crippen molar-refractivity contribution in [2.24, 2.45) is 0 Å². The fourth-order valence-corrected chi connectivity index (χ4v) is 3.19. The molecule has 5 nitrogen and oxygen atoms in total. The maximum Gasteiger partial charge on any atom is 0.274 e. The van der Waals surface area contributed by atoms with Gasteiger partial charge in [-0.15, -0.1) is 0 Å². The standard InChI is InChI=1S/C18H24N4O/c1-4-22-14(2)12-16(19-22)18(23)21-11-10-20(3)17(13-21)15-8-6-5-7-9-15/h5-9,12,17H,4,10-11,13H2,1-3H3/t17-/m0/s1. The largest absolute Gasteiger partial charge is 0.334 e. The minimum atomic E-state index is 0.0364. The Balaban J connectivity index is 1.79. The van der Waals surface area contributed by atoms with Crippen LogP contribution in [0.15, 0.2) is 36.4 Å². The summed E-state index contributed by atoms with van der Waals surface area (Å²) >= 11 is 0. The second-order valence-corrected chi connectivity index (χ2v) is 6.14. The second kappa shape index (κ2) is 6.54.